The van der Waals surface area contributed by atoms with Crippen molar-refractivity contribution in [1.82, 2.24) is 0 Å². The van der Waals surface area contributed by atoms with Gasteiger partial charge in [-0.2, -0.15) is 0 Å². The van der Waals surface area contributed by atoms with E-state index in [0.29, 0.717) is 11.4 Å². The molecule has 5 heteroatoms. The van der Waals surface area contributed by atoms with E-state index in [1.54, 1.807) is 18.2 Å². The molecule has 0 aromatic heterocycles. The van der Waals surface area contributed by atoms with Crippen LogP contribution in [0.3, 0.4) is 0 Å². The average Bonchev–Trinajstić information content (AvgIpc) is 2.34. The Morgan fingerprint density at radius 3 is 2.50 bits per heavy atom. The first-order valence-corrected chi connectivity index (χ1v) is 7.91. The highest BCUT2D eigenvalue weighted by molar-refractivity contribution is 7.93. The van der Waals surface area contributed by atoms with Crippen LogP contribution in [0.1, 0.15) is 37.7 Å². The largest absolute Gasteiger partial charge is 0.399 e. The Labute approximate surface area is 109 Å². The van der Waals surface area contributed by atoms with E-state index in [2.05, 4.69) is 4.72 Å². The van der Waals surface area contributed by atoms with E-state index in [4.69, 9.17) is 5.73 Å². The van der Waals surface area contributed by atoms with Crippen LogP contribution >= 0.6 is 0 Å². The Balaban J connectivity index is 2.16. The van der Waals surface area contributed by atoms with Crippen molar-refractivity contribution in [2.45, 2.75) is 44.3 Å². The minimum absolute atomic E-state index is 0.247. The second kappa shape index (κ2) is 5.18. The molecule has 0 saturated heterocycles. The van der Waals surface area contributed by atoms with Crippen LogP contribution in [-0.2, 0) is 10.0 Å². The molecule has 0 heterocycles. The van der Waals surface area contributed by atoms with Crippen LogP contribution in [0.25, 0.3) is 0 Å². The van der Waals surface area contributed by atoms with Gasteiger partial charge >= 0.3 is 0 Å². The first kappa shape index (κ1) is 13.2. The van der Waals surface area contributed by atoms with Crippen molar-refractivity contribution in [1.29, 1.82) is 0 Å². The van der Waals surface area contributed by atoms with Crippen LogP contribution in [0.2, 0.25) is 0 Å². The highest BCUT2D eigenvalue weighted by Crippen LogP contribution is 2.26. The number of nitrogen functional groups attached to an aromatic ring is 1. The van der Waals surface area contributed by atoms with Gasteiger partial charge in [-0.1, -0.05) is 19.3 Å². The Hall–Kier alpha value is -1.23. The molecule has 1 saturated carbocycles. The monoisotopic (exact) mass is 268 g/mol. The second-order valence-electron chi connectivity index (χ2n) is 4.98. The zero-order valence-electron chi connectivity index (χ0n) is 10.6. The van der Waals surface area contributed by atoms with Gasteiger partial charge in [0.25, 0.3) is 0 Å². The van der Waals surface area contributed by atoms with E-state index in [0.717, 1.165) is 37.7 Å². The van der Waals surface area contributed by atoms with Gasteiger partial charge in [0, 0.05) is 5.69 Å². The fourth-order valence-electron chi connectivity index (χ4n) is 2.41. The summed E-state index contributed by atoms with van der Waals surface area (Å²) in [6.45, 7) is 1.86. The third kappa shape index (κ3) is 2.96. The third-order valence-corrected chi connectivity index (χ3v) is 5.35. The van der Waals surface area contributed by atoms with E-state index < -0.39 is 10.0 Å². The summed E-state index contributed by atoms with van der Waals surface area (Å²) in [5.74, 6) is 0. The molecule has 0 spiro atoms. The van der Waals surface area contributed by atoms with Gasteiger partial charge in [-0.3, -0.25) is 4.72 Å². The lowest BCUT2D eigenvalue weighted by atomic mass is 10.0. The van der Waals surface area contributed by atoms with Crippen molar-refractivity contribution in [3.8, 4) is 0 Å². The molecule has 0 atom stereocenters. The van der Waals surface area contributed by atoms with E-state index in [9.17, 15) is 8.42 Å². The number of nitrogens with one attached hydrogen (secondary N) is 1. The zero-order chi connectivity index (χ0) is 13.2. The first-order valence-electron chi connectivity index (χ1n) is 6.37. The van der Waals surface area contributed by atoms with Crippen LogP contribution in [0.15, 0.2) is 18.2 Å². The summed E-state index contributed by atoms with van der Waals surface area (Å²) in [6, 6.07) is 5.22. The number of benzene rings is 1. The van der Waals surface area contributed by atoms with E-state index in [-0.39, 0.29) is 5.25 Å². The van der Waals surface area contributed by atoms with Crippen LogP contribution < -0.4 is 10.5 Å². The lowest BCUT2D eigenvalue weighted by Crippen LogP contribution is -2.29. The molecule has 0 radical (unpaired) electrons. The minimum atomic E-state index is -3.26. The molecule has 100 valence electrons. The Morgan fingerprint density at radius 2 is 1.89 bits per heavy atom. The van der Waals surface area contributed by atoms with Gasteiger partial charge in [-0.25, -0.2) is 8.42 Å². The molecule has 0 amide bonds. The summed E-state index contributed by atoms with van der Waals surface area (Å²) < 4.78 is 27.2. The minimum Gasteiger partial charge on any atom is -0.399 e. The van der Waals surface area contributed by atoms with Gasteiger partial charge in [0.05, 0.1) is 10.9 Å². The maximum absolute atomic E-state index is 12.2. The van der Waals surface area contributed by atoms with E-state index in [1.165, 1.54) is 0 Å². The molecule has 0 unspecified atom stereocenters. The molecule has 1 aromatic rings. The highest BCUT2D eigenvalue weighted by atomic mass is 32.2. The fraction of sp³-hybridized carbons (Fsp3) is 0.538. The topological polar surface area (TPSA) is 72.2 Å². The molecule has 3 N–H and O–H groups in total. The van der Waals surface area contributed by atoms with Crippen molar-refractivity contribution in [3.05, 3.63) is 23.8 Å². The predicted molar refractivity (Wildman–Crippen MR) is 75.0 cm³/mol. The van der Waals surface area contributed by atoms with Gasteiger partial charge in [0.1, 0.15) is 0 Å². The summed E-state index contributed by atoms with van der Waals surface area (Å²) in [5.41, 5.74) is 7.79. The standard InChI is InChI=1S/C13H20N2O2S/c1-10-9-11(14)7-8-13(10)15-18(16,17)12-5-3-2-4-6-12/h7-9,12,15H,2-6,14H2,1H3. The van der Waals surface area contributed by atoms with Crippen LogP contribution in [0.4, 0.5) is 11.4 Å². The van der Waals surface area contributed by atoms with Crippen LogP contribution in [0, 0.1) is 6.92 Å². The Morgan fingerprint density at radius 1 is 1.22 bits per heavy atom. The number of rotatable bonds is 3. The molecule has 18 heavy (non-hydrogen) atoms. The lowest BCUT2D eigenvalue weighted by Gasteiger charge is -2.23. The summed E-state index contributed by atoms with van der Waals surface area (Å²) >= 11 is 0. The molecule has 2 rings (SSSR count). The SMILES string of the molecule is Cc1cc(N)ccc1NS(=O)(=O)C1CCCCC1. The maximum atomic E-state index is 12.2. The molecule has 0 aliphatic heterocycles. The average molecular weight is 268 g/mol. The Bertz CT molecular complexity index is 520. The highest BCUT2D eigenvalue weighted by Gasteiger charge is 2.27. The van der Waals surface area contributed by atoms with Crippen molar-refractivity contribution in [2.75, 3.05) is 10.5 Å². The Kier molecular flexibility index (Phi) is 3.80. The van der Waals surface area contributed by atoms with Gasteiger partial charge < -0.3 is 5.73 Å². The molecular weight excluding hydrogens is 248 g/mol. The first-order chi connectivity index (χ1) is 8.49. The van der Waals surface area contributed by atoms with Crippen molar-refractivity contribution < 1.29 is 8.42 Å². The third-order valence-electron chi connectivity index (χ3n) is 3.49. The molecule has 4 nitrogen and oxygen atoms in total. The number of nitrogens with two attached hydrogens (primary N) is 1. The van der Waals surface area contributed by atoms with Gasteiger partial charge in [-0.15, -0.1) is 0 Å². The number of hydrogen-bond acceptors (Lipinski definition) is 3. The van der Waals surface area contributed by atoms with Gasteiger partial charge in [0.15, 0.2) is 0 Å². The lowest BCUT2D eigenvalue weighted by molar-refractivity contribution is 0.486. The predicted octanol–water partition coefficient (Wildman–Crippen LogP) is 2.65. The summed E-state index contributed by atoms with van der Waals surface area (Å²) in [6.07, 6.45) is 4.69. The maximum Gasteiger partial charge on any atom is 0.235 e. The van der Waals surface area contributed by atoms with Crippen molar-refractivity contribution in [3.63, 3.8) is 0 Å². The van der Waals surface area contributed by atoms with Gasteiger partial charge in [0.2, 0.25) is 10.0 Å². The van der Waals surface area contributed by atoms with Gasteiger partial charge in [-0.05, 0) is 43.5 Å². The number of hydrogen-bond donors (Lipinski definition) is 2. The summed E-state index contributed by atoms with van der Waals surface area (Å²) in [4.78, 5) is 0. The molecule has 1 aliphatic rings. The quantitative estimate of drug-likeness (QED) is 0.828. The van der Waals surface area contributed by atoms with Crippen LogP contribution in [0.5, 0.6) is 0 Å². The zero-order valence-corrected chi connectivity index (χ0v) is 11.5. The number of anilines is 2. The molecular formula is C13H20N2O2S. The van der Waals surface area contributed by atoms with Crippen molar-refractivity contribution in [2.24, 2.45) is 0 Å². The summed E-state index contributed by atoms with van der Waals surface area (Å²) in [5, 5.41) is -0.247. The molecule has 1 aromatic carbocycles. The number of sulfonamides is 1. The van der Waals surface area contributed by atoms with Crippen molar-refractivity contribution >= 4 is 21.4 Å². The molecule has 0 bridgehead atoms. The normalized spacial score (nSPS) is 17.6. The van der Waals surface area contributed by atoms with E-state index in [1.807, 2.05) is 6.92 Å². The fourth-order valence-corrected chi connectivity index (χ4v) is 4.07. The molecule has 1 fully saturated rings. The smallest absolute Gasteiger partial charge is 0.235 e. The summed E-state index contributed by atoms with van der Waals surface area (Å²) in [7, 11) is -3.26. The van der Waals surface area contributed by atoms with Crippen LogP contribution in [-0.4, -0.2) is 13.7 Å². The number of aryl methyl sites for hydroxylation is 1. The molecule has 1 aliphatic carbocycles. The van der Waals surface area contributed by atoms with E-state index >= 15 is 0 Å². The second-order valence-corrected chi connectivity index (χ2v) is 6.94.